The average molecular weight is 252 g/mol. The molecule has 0 saturated heterocycles. The molecule has 2 amide bonds. The lowest BCUT2D eigenvalue weighted by Gasteiger charge is -2.16. The summed E-state index contributed by atoms with van der Waals surface area (Å²) in [5.41, 5.74) is 0. The minimum absolute atomic E-state index is 0.129. The van der Waals surface area contributed by atoms with E-state index in [1.54, 1.807) is 19.4 Å². The normalized spacial score (nSPS) is 17.6. The van der Waals surface area contributed by atoms with Crippen molar-refractivity contribution >= 4 is 6.03 Å². The van der Waals surface area contributed by atoms with Gasteiger partial charge in [-0.25, -0.2) is 4.79 Å². The van der Waals surface area contributed by atoms with Gasteiger partial charge in [-0.15, -0.1) is 0 Å². The molecule has 1 aliphatic rings. The van der Waals surface area contributed by atoms with Gasteiger partial charge in [0.2, 0.25) is 0 Å². The fraction of sp³-hybridized carbons (Fsp3) is 0.615. The molecule has 0 aromatic carbocycles. The van der Waals surface area contributed by atoms with Crippen molar-refractivity contribution < 1.29 is 13.9 Å². The van der Waals surface area contributed by atoms with Gasteiger partial charge in [0.15, 0.2) is 0 Å². The highest BCUT2D eigenvalue weighted by Gasteiger charge is 2.18. The van der Waals surface area contributed by atoms with E-state index >= 15 is 0 Å². The van der Waals surface area contributed by atoms with Gasteiger partial charge in [0.25, 0.3) is 0 Å². The zero-order chi connectivity index (χ0) is 12.8. The van der Waals surface area contributed by atoms with Crippen LogP contribution in [0.4, 0.5) is 4.79 Å². The summed E-state index contributed by atoms with van der Waals surface area (Å²) in [6, 6.07) is 3.84. The van der Waals surface area contributed by atoms with Crippen molar-refractivity contribution in [3.8, 4) is 0 Å². The Hall–Kier alpha value is -1.49. The molecular weight excluding hydrogens is 232 g/mol. The van der Waals surface area contributed by atoms with Crippen LogP contribution in [-0.2, 0) is 4.74 Å². The number of carbonyl (C=O) groups is 1. The van der Waals surface area contributed by atoms with Crippen molar-refractivity contribution in [1.29, 1.82) is 0 Å². The second-order valence-corrected chi connectivity index (χ2v) is 4.58. The Labute approximate surface area is 107 Å². The number of furan rings is 1. The first-order valence-electron chi connectivity index (χ1n) is 6.40. The topological polar surface area (TPSA) is 63.5 Å². The number of nitrogens with one attached hydrogen (secondary N) is 2. The first kappa shape index (κ1) is 13.0. The molecule has 0 radical (unpaired) electrons. The van der Waals surface area contributed by atoms with Crippen molar-refractivity contribution in [2.45, 2.75) is 37.8 Å². The lowest BCUT2D eigenvalue weighted by atomic mass is 10.2. The molecule has 2 rings (SSSR count). The van der Waals surface area contributed by atoms with Crippen LogP contribution in [0.3, 0.4) is 0 Å². The summed E-state index contributed by atoms with van der Waals surface area (Å²) in [5, 5.41) is 5.78. The van der Waals surface area contributed by atoms with E-state index in [0.717, 1.165) is 18.6 Å². The van der Waals surface area contributed by atoms with Crippen LogP contribution < -0.4 is 10.6 Å². The van der Waals surface area contributed by atoms with E-state index < -0.39 is 0 Å². The highest BCUT2D eigenvalue weighted by Crippen LogP contribution is 2.18. The SMILES string of the molecule is CO[C@H](CNC(=O)NC1CCCC1)c1ccco1. The third-order valence-corrected chi connectivity index (χ3v) is 3.28. The van der Waals surface area contributed by atoms with Crippen LogP contribution in [-0.4, -0.2) is 25.7 Å². The van der Waals surface area contributed by atoms with Gasteiger partial charge in [-0.3, -0.25) is 0 Å². The summed E-state index contributed by atoms with van der Waals surface area (Å²) in [6.07, 6.45) is 5.93. The largest absolute Gasteiger partial charge is 0.467 e. The van der Waals surface area contributed by atoms with Crippen molar-refractivity contribution in [3.05, 3.63) is 24.2 Å². The van der Waals surface area contributed by atoms with Gasteiger partial charge in [0.05, 0.1) is 12.8 Å². The van der Waals surface area contributed by atoms with Gasteiger partial charge in [0.1, 0.15) is 11.9 Å². The third-order valence-electron chi connectivity index (χ3n) is 3.28. The maximum absolute atomic E-state index is 11.7. The summed E-state index contributed by atoms with van der Waals surface area (Å²) >= 11 is 0. The summed E-state index contributed by atoms with van der Waals surface area (Å²) < 4.78 is 10.5. The zero-order valence-corrected chi connectivity index (χ0v) is 10.6. The van der Waals surface area contributed by atoms with Crippen LogP contribution >= 0.6 is 0 Å². The number of urea groups is 1. The molecule has 0 spiro atoms. The van der Waals surface area contributed by atoms with Crippen LogP contribution in [0.2, 0.25) is 0 Å². The van der Waals surface area contributed by atoms with Crippen molar-refractivity contribution in [2.24, 2.45) is 0 Å². The van der Waals surface area contributed by atoms with Gasteiger partial charge >= 0.3 is 6.03 Å². The van der Waals surface area contributed by atoms with E-state index in [-0.39, 0.29) is 12.1 Å². The van der Waals surface area contributed by atoms with Crippen LogP contribution in [0.5, 0.6) is 0 Å². The minimum Gasteiger partial charge on any atom is -0.467 e. The predicted octanol–water partition coefficient (Wildman–Crippen LogP) is 2.21. The highest BCUT2D eigenvalue weighted by molar-refractivity contribution is 5.74. The van der Waals surface area contributed by atoms with Crippen LogP contribution in [0.25, 0.3) is 0 Å². The Kier molecular flexibility index (Phi) is 4.64. The average Bonchev–Trinajstić information content (AvgIpc) is 3.02. The maximum Gasteiger partial charge on any atom is 0.315 e. The predicted molar refractivity (Wildman–Crippen MR) is 67.2 cm³/mol. The zero-order valence-electron chi connectivity index (χ0n) is 10.6. The molecule has 5 nitrogen and oxygen atoms in total. The summed E-state index contributed by atoms with van der Waals surface area (Å²) in [7, 11) is 1.60. The molecule has 1 heterocycles. The van der Waals surface area contributed by atoms with Crippen molar-refractivity contribution in [2.75, 3.05) is 13.7 Å². The van der Waals surface area contributed by atoms with Gasteiger partial charge < -0.3 is 19.8 Å². The van der Waals surface area contributed by atoms with Gasteiger partial charge in [-0.05, 0) is 25.0 Å². The summed E-state index contributed by atoms with van der Waals surface area (Å²) in [4.78, 5) is 11.7. The molecule has 0 unspecified atom stereocenters. The van der Waals surface area contributed by atoms with E-state index in [9.17, 15) is 4.79 Å². The Morgan fingerprint density at radius 1 is 1.56 bits per heavy atom. The Balaban J connectivity index is 1.74. The van der Waals surface area contributed by atoms with Crippen LogP contribution in [0.1, 0.15) is 37.5 Å². The van der Waals surface area contributed by atoms with Crippen molar-refractivity contribution in [1.82, 2.24) is 10.6 Å². The number of carbonyl (C=O) groups excluding carboxylic acids is 1. The van der Waals surface area contributed by atoms with Gasteiger partial charge in [0, 0.05) is 13.2 Å². The van der Waals surface area contributed by atoms with Gasteiger partial charge in [-0.1, -0.05) is 12.8 Å². The smallest absolute Gasteiger partial charge is 0.315 e. The standard InChI is InChI=1S/C13H20N2O3/c1-17-12(11-7-4-8-18-11)9-14-13(16)15-10-5-2-3-6-10/h4,7-8,10,12H,2-3,5-6,9H2,1H3,(H2,14,15,16)/t12-/m1/s1. The Bertz CT molecular complexity index is 358. The number of hydrogen-bond donors (Lipinski definition) is 2. The van der Waals surface area contributed by atoms with E-state index in [2.05, 4.69) is 10.6 Å². The molecule has 0 aliphatic heterocycles. The van der Waals surface area contributed by atoms with Gasteiger partial charge in [-0.2, -0.15) is 0 Å². The molecular formula is C13H20N2O3. The Morgan fingerprint density at radius 3 is 2.94 bits per heavy atom. The molecule has 1 saturated carbocycles. The Morgan fingerprint density at radius 2 is 2.33 bits per heavy atom. The first-order chi connectivity index (χ1) is 8.79. The molecule has 1 aromatic heterocycles. The molecule has 1 fully saturated rings. The summed E-state index contributed by atoms with van der Waals surface area (Å²) in [6.45, 7) is 0.405. The fourth-order valence-electron chi connectivity index (χ4n) is 2.27. The number of ether oxygens (including phenoxy) is 1. The first-order valence-corrected chi connectivity index (χ1v) is 6.40. The third kappa shape index (κ3) is 3.50. The van der Waals surface area contributed by atoms with E-state index in [0.29, 0.717) is 12.6 Å². The monoisotopic (exact) mass is 252 g/mol. The van der Waals surface area contributed by atoms with Crippen LogP contribution in [0.15, 0.2) is 22.8 Å². The highest BCUT2D eigenvalue weighted by atomic mass is 16.5. The maximum atomic E-state index is 11.7. The van der Waals surface area contributed by atoms with E-state index in [1.807, 2.05) is 6.07 Å². The minimum atomic E-state index is -0.241. The number of rotatable bonds is 5. The van der Waals surface area contributed by atoms with E-state index in [4.69, 9.17) is 9.15 Å². The lowest BCUT2D eigenvalue weighted by molar-refractivity contribution is 0.0849. The van der Waals surface area contributed by atoms with Crippen LogP contribution in [0, 0.1) is 0 Å². The van der Waals surface area contributed by atoms with Crippen molar-refractivity contribution in [3.63, 3.8) is 0 Å². The fourth-order valence-corrected chi connectivity index (χ4v) is 2.27. The molecule has 2 N–H and O–H groups in total. The quantitative estimate of drug-likeness (QED) is 0.844. The number of amides is 2. The second-order valence-electron chi connectivity index (χ2n) is 4.58. The number of hydrogen-bond acceptors (Lipinski definition) is 3. The molecule has 5 heteroatoms. The molecule has 100 valence electrons. The molecule has 1 aromatic rings. The molecule has 1 aliphatic carbocycles. The molecule has 0 bridgehead atoms. The lowest BCUT2D eigenvalue weighted by Crippen LogP contribution is -2.42. The number of methoxy groups -OCH3 is 1. The second kappa shape index (κ2) is 6.44. The molecule has 18 heavy (non-hydrogen) atoms. The molecule has 1 atom stereocenters. The van der Waals surface area contributed by atoms with E-state index in [1.165, 1.54) is 12.8 Å². The summed E-state index contributed by atoms with van der Waals surface area (Å²) in [5.74, 6) is 0.721.